The Morgan fingerprint density at radius 2 is 0.586 bits per heavy atom. The Morgan fingerprint density at radius 3 is 1.07 bits per heavy atom. The lowest BCUT2D eigenvalue weighted by molar-refractivity contribution is 0.660. The lowest BCUT2D eigenvalue weighted by Gasteiger charge is -2.34. The molecule has 0 unspecified atom stereocenters. The Balaban J connectivity index is 0.000000107. The highest BCUT2D eigenvalue weighted by Gasteiger charge is 2.39. The number of benzene rings is 20. The van der Waals surface area contributed by atoms with Crippen LogP contribution in [0.2, 0.25) is 0 Å². The van der Waals surface area contributed by atoms with Crippen molar-refractivity contribution in [2.24, 2.45) is 0 Å². The van der Waals surface area contributed by atoms with Crippen molar-refractivity contribution in [2.45, 2.75) is 91.4 Å². The van der Waals surface area contributed by atoms with Gasteiger partial charge in [-0.3, -0.25) is 4.98 Å². The summed E-state index contributed by atoms with van der Waals surface area (Å²) in [5.74, 6) is 0. The minimum atomic E-state index is -0.0154. The summed E-state index contributed by atoms with van der Waals surface area (Å²) in [7, 11) is 0. The summed E-state index contributed by atoms with van der Waals surface area (Å²) >= 11 is 0. The number of rotatable bonds is 6. The highest BCUT2D eigenvalue weighted by Crippen LogP contribution is 2.58. The Morgan fingerprint density at radius 1 is 0.250 bits per heavy atom. The van der Waals surface area contributed by atoms with Crippen LogP contribution < -0.4 is 4.90 Å². The summed E-state index contributed by atoms with van der Waals surface area (Å²) in [6.07, 6.45) is 6.25. The van der Waals surface area contributed by atoms with Gasteiger partial charge in [-0.1, -0.05) is 374 Å². The number of nitrogens with zero attached hydrogens (tertiary/aromatic N) is 3. The second-order valence-corrected chi connectivity index (χ2v) is 37.8. The van der Waals surface area contributed by atoms with E-state index in [1.165, 1.54) is 259 Å². The summed E-state index contributed by atoms with van der Waals surface area (Å²) in [4.78, 5) is 12.3. The fourth-order valence-corrected chi connectivity index (χ4v) is 23.3. The number of pyridine rings is 2. The Kier molecular flexibility index (Phi) is 17.6. The molecule has 0 bridgehead atoms. The Labute approximate surface area is 748 Å². The van der Waals surface area contributed by atoms with Gasteiger partial charge in [-0.25, -0.2) is 4.98 Å². The van der Waals surface area contributed by atoms with Crippen LogP contribution in [0.15, 0.2) is 376 Å². The Hall–Kier alpha value is -14.9. The summed E-state index contributed by atoms with van der Waals surface area (Å²) in [5.41, 5.74) is 39.4. The minimum Gasteiger partial charge on any atom is -0.340 e. The average Bonchev–Trinajstić information content (AvgIpc) is 0.967. The SMILES string of the molecule is Cc1ccc2c(-c3c4ccccc4cc4ccncc34)c3ccccc3c(-c3ccc4c(c3)-c3ccccc3C4(C)C)c2c1.Cc1ccc2c(-c3c4ccccc4nc4ccccc34)c3ccccc3c(-c3ccc4c(c3)-c3ccccc3C4(C)C)c2c1.Cc1ccc2c(N3CCCc4ccccc43)c3ccccc3c(-c3ccc4c(c3)-c3ccccc3C4(C)C)c2c1. The van der Waals surface area contributed by atoms with E-state index in [4.69, 9.17) is 4.98 Å². The molecule has 20 aromatic carbocycles. The molecule has 1 aliphatic heterocycles. The van der Waals surface area contributed by atoms with E-state index in [9.17, 15) is 0 Å². The van der Waals surface area contributed by atoms with Gasteiger partial charge in [0.15, 0.2) is 0 Å². The highest BCUT2D eigenvalue weighted by atomic mass is 15.1. The van der Waals surface area contributed by atoms with Gasteiger partial charge in [-0.05, 0) is 269 Å². The van der Waals surface area contributed by atoms with Crippen molar-refractivity contribution in [1.82, 2.24) is 9.97 Å². The van der Waals surface area contributed by atoms with Gasteiger partial charge in [0.05, 0.1) is 16.7 Å². The fraction of sp³-hybridized carbons (Fsp3) is 0.120. The molecule has 4 aliphatic rings. The average molecular weight is 1640 g/mol. The van der Waals surface area contributed by atoms with Gasteiger partial charge in [0, 0.05) is 78.9 Å². The fourth-order valence-electron chi connectivity index (χ4n) is 23.3. The topological polar surface area (TPSA) is 29.0 Å². The second kappa shape index (κ2) is 29.4. The zero-order valence-corrected chi connectivity index (χ0v) is 73.8. The Bertz CT molecular complexity index is 8040. The molecule has 0 atom stereocenters. The van der Waals surface area contributed by atoms with Crippen LogP contribution in [0.3, 0.4) is 0 Å². The number of fused-ring (bicyclic) bond motifs is 20. The predicted octanol–water partition coefficient (Wildman–Crippen LogP) is 33.6. The van der Waals surface area contributed by atoms with Gasteiger partial charge < -0.3 is 4.90 Å². The maximum Gasteiger partial charge on any atom is 0.0715 e. The normalized spacial score (nSPS) is 14.1. The van der Waals surface area contributed by atoms with Gasteiger partial charge in [0.1, 0.15) is 0 Å². The summed E-state index contributed by atoms with van der Waals surface area (Å²) in [5, 5.41) is 22.8. The van der Waals surface area contributed by atoms with Gasteiger partial charge in [-0.15, -0.1) is 0 Å². The van der Waals surface area contributed by atoms with Crippen molar-refractivity contribution in [3.8, 4) is 89.0 Å². The van der Waals surface area contributed by atoms with E-state index in [1.807, 2.05) is 12.4 Å². The molecule has 26 rings (SSSR count). The molecule has 3 aliphatic carbocycles. The molecular weight excluding hydrogens is 1540 g/mol. The standard InChI is InChI=1S/2C43H31N.C39H33N/c1-26-20-22-31-35(24-26)40(27-21-23-37-34(25-27)28-12-6-9-17-36(28)43(37,2)3)29-13-4-5-14-30(29)41(31)42-32-15-7-10-18-38(32)44-39-19-11-8-16-33(39)42;1-26-16-18-34-36(22-26)40(29-17-19-39-35(24-29)31-12-8-9-15-38(31)43(39,2)3)32-13-6-7-14-33(32)42(34)41-30-11-5-4-10-27(30)23-28-20-21-44-25-37(28)41;1-25-18-20-31-33(23-25)37(27-19-21-35-32(24-27)28-13-7-8-16-34(28)39(35,2)3)29-14-5-6-15-30(29)38(31)40-22-10-12-26-11-4-9-17-36(26)40/h2*4-25H,1-3H3;4-9,11,13-21,23-24H,10,12,22H2,1-3H3. The molecular formula is C125H95N3. The van der Waals surface area contributed by atoms with E-state index < -0.39 is 0 Å². The molecule has 3 nitrogen and oxygen atoms in total. The van der Waals surface area contributed by atoms with Crippen LogP contribution in [-0.4, -0.2) is 16.5 Å². The van der Waals surface area contributed by atoms with Crippen molar-refractivity contribution in [3.63, 3.8) is 0 Å². The first-order valence-corrected chi connectivity index (χ1v) is 45.5. The number of para-hydroxylation sites is 3. The molecule has 0 fully saturated rings. The van der Waals surface area contributed by atoms with E-state index in [1.54, 1.807) is 0 Å². The van der Waals surface area contributed by atoms with Crippen molar-refractivity contribution < 1.29 is 0 Å². The molecule has 0 radical (unpaired) electrons. The molecule has 3 heteroatoms. The van der Waals surface area contributed by atoms with Crippen LogP contribution in [0.1, 0.15) is 104 Å². The third-order valence-corrected chi connectivity index (χ3v) is 29.3. The van der Waals surface area contributed by atoms with E-state index >= 15 is 0 Å². The maximum absolute atomic E-state index is 5.07. The van der Waals surface area contributed by atoms with Crippen LogP contribution in [0.4, 0.5) is 11.4 Å². The number of hydrogen-bond donors (Lipinski definition) is 0. The molecule has 0 N–H and O–H groups in total. The third kappa shape index (κ3) is 11.8. The second-order valence-electron chi connectivity index (χ2n) is 37.8. The van der Waals surface area contributed by atoms with E-state index in [2.05, 4.69) is 436 Å². The molecule has 0 saturated carbocycles. The zero-order valence-electron chi connectivity index (χ0n) is 73.8. The zero-order chi connectivity index (χ0) is 86.2. The first-order valence-electron chi connectivity index (χ1n) is 45.5. The van der Waals surface area contributed by atoms with Crippen molar-refractivity contribution in [1.29, 1.82) is 0 Å². The maximum atomic E-state index is 5.07. The molecule has 0 spiro atoms. The van der Waals surface area contributed by atoms with Crippen LogP contribution in [0.25, 0.3) is 197 Å². The van der Waals surface area contributed by atoms with Gasteiger partial charge in [0.2, 0.25) is 0 Å². The number of aryl methyl sites for hydroxylation is 4. The number of anilines is 2. The highest BCUT2D eigenvalue weighted by molar-refractivity contribution is 6.30. The molecule has 0 amide bonds. The molecule has 128 heavy (non-hydrogen) atoms. The predicted molar refractivity (Wildman–Crippen MR) is 546 cm³/mol. The quantitative estimate of drug-likeness (QED) is 0.155. The first kappa shape index (κ1) is 76.7. The third-order valence-electron chi connectivity index (χ3n) is 29.3. The summed E-state index contributed by atoms with van der Waals surface area (Å²) < 4.78 is 0. The first-order chi connectivity index (χ1) is 62.5. The van der Waals surface area contributed by atoms with Crippen LogP contribution in [0.5, 0.6) is 0 Å². The lowest BCUT2D eigenvalue weighted by atomic mass is 9.81. The molecule has 3 heterocycles. The monoisotopic (exact) mass is 1640 g/mol. The van der Waals surface area contributed by atoms with Gasteiger partial charge in [0.25, 0.3) is 0 Å². The number of aromatic nitrogens is 2. The van der Waals surface area contributed by atoms with Crippen LogP contribution in [-0.2, 0) is 22.7 Å². The van der Waals surface area contributed by atoms with E-state index in [0.29, 0.717) is 0 Å². The largest absolute Gasteiger partial charge is 0.340 e. The van der Waals surface area contributed by atoms with Crippen molar-refractivity contribution >= 4 is 119 Å². The van der Waals surface area contributed by atoms with Gasteiger partial charge >= 0.3 is 0 Å². The smallest absolute Gasteiger partial charge is 0.0715 e. The lowest BCUT2D eigenvalue weighted by Crippen LogP contribution is -2.25. The minimum absolute atomic E-state index is 0.0106. The van der Waals surface area contributed by atoms with Crippen molar-refractivity contribution in [2.75, 3.05) is 11.4 Å². The molecule has 610 valence electrons. The molecule has 22 aromatic rings. The van der Waals surface area contributed by atoms with E-state index in [0.717, 1.165) is 24.0 Å². The van der Waals surface area contributed by atoms with Crippen molar-refractivity contribution in [3.05, 3.63) is 432 Å². The number of hydrogen-bond acceptors (Lipinski definition) is 3. The molecule has 0 saturated heterocycles. The summed E-state index contributed by atoms with van der Waals surface area (Å²) in [6.45, 7) is 21.8. The van der Waals surface area contributed by atoms with E-state index in [-0.39, 0.29) is 16.2 Å². The van der Waals surface area contributed by atoms with Crippen LogP contribution >= 0.6 is 0 Å². The summed E-state index contributed by atoms with van der Waals surface area (Å²) in [6, 6.07) is 136. The molecule has 2 aromatic heterocycles. The van der Waals surface area contributed by atoms with Gasteiger partial charge in [-0.2, -0.15) is 0 Å². The van der Waals surface area contributed by atoms with Crippen LogP contribution in [0, 0.1) is 20.8 Å².